The molecule has 0 radical (unpaired) electrons. The van der Waals surface area contributed by atoms with E-state index in [-0.39, 0.29) is 29.5 Å². The lowest BCUT2D eigenvalue weighted by Gasteiger charge is -2.16. The molecule has 0 saturated carbocycles. The fourth-order valence-corrected chi connectivity index (χ4v) is 3.27. The maximum Gasteiger partial charge on any atom is 0.201 e. The predicted molar refractivity (Wildman–Crippen MR) is 92.0 cm³/mol. The first-order valence-electron chi connectivity index (χ1n) is 7.06. The summed E-state index contributed by atoms with van der Waals surface area (Å²) in [6.07, 6.45) is 3.43. The van der Waals surface area contributed by atoms with Gasteiger partial charge in [0.05, 0.1) is 16.5 Å². The minimum atomic E-state index is -0.550. The zero-order valence-electron chi connectivity index (χ0n) is 12.7. The van der Waals surface area contributed by atoms with Gasteiger partial charge in [-0.1, -0.05) is 17.8 Å². The highest BCUT2D eigenvalue weighted by Crippen LogP contribution is 2.46. The molecule has 0 amide bonds. The van der Waals surface area contributed by atoms with Crippen LogP contribution in [0.5, 0.6) is 28.7 Å². The molecular weight excluding hydrogens is 330 g/mol. The van der Waals surface area contributed by atoms with E-state index >= 15 is 0 Å². The van der Waals surface area contributed by atoms with E-state index in [1.165, 1.54) is 23.9 Å². The van der Waals surface area contributed by atoms with Gasteiger partial charge in [-0.15, -0.1) is 0 Å². The van der Waals surface area contributed by atoms with Gasteiger partial charge in [-0.3, -0.25) is 4.99 Å². The van der Waals surface area contributed by atoms with Crippen molar-refractivity contribution in [2.75, 3.05) is 0 Å². The number of fused-ring (bicyclic) bond motifs is 1. The number of nitrogens with zero attached hydrogens (tertiary/aromatic N) is 1. The molecule has 0 unspecified atom stereocenters. The van der Waals surface area contributed by atoms with Crippen LogP contribution in [0.15, 0.2) is 34.2 Å². The van der Waals surface area contributed by atoms with Gasteiger partial charge >= 0.3 is 0 Å². The minimum Gasteiger partial charge on any atom is -0.504 e. The van der Waals surface area contributed by atoms with Crippen molar-refractivity contribution in [3.05, 3.63) is 41.0 Å². The van der Waals surface area contributed by atoms with E-state index in [2.05, 4.69) is 4.99 Å². The SMILES string of the molecule is Cc1cc(/C=C/C2=NCc3cc(O)c(O)c(O)c3S2)cc(O)c1O. The van der Waals surface area contributed by atoms with Crippen LogP contribution in [0.3, 0.4) is 0 Å². The number of benzene rings is 2. The number of rotatable bonds is 2. The van der Waals surface area contributed by atoms with Gasteiger partial charge in [0.2, 0.25) is 5.75 Å². The maximum atomic E-state index is 9.96. The largest absolute Gasteiger partial charge is 0.504 e. The Bertz CT molecular complexity index is 866. The van der Waals surface area contributed by atoms with Crippen molar-refractivity contribution in [2.45, 2.75) is 18.4 Å². The maximum absolute atomic E-state index is 9.96. The summed E-state index contributed by atoms with van der Waals surface area (Å²) in [5, 5.41) is 48.9. The van der Waals surface area contributed by atoms with Crippen molar-refractivity contribution >= 4 is 22.9 Å². The molecule has 0 aromatic heterocycles. The molecule has 0 aliphatic carbocycles. The summed E-state index contributed by atoms with van der Waals surface area (Å²) in [6, 6.07) is 4.53. The lowest BCUT2D eigenvalue weighted by atomic mass is 10.1. The lowest BCUT2D eigenvalue weighted by molar-refractivity contribution is 0.360. The summed E-state index contributed by atoms with van der Waals surface area (Å²) < 4.78 is 0. The van der Waals surface area contributed by atoms with Crippen LogP contribution in [0, 0.1) is 6.92 Å². The molecule has 24 heavy (non-hydrogen) atoms. The summed E-state index contributed by atoms with van der Waals surface area (Å²) >= 11 is 1.17. The average Bonchev–Trinajstić information content (AvgIpc) is 2.56. The summed E-state index contributed by atoms with van der Waals surface area (Å²) in [5.74, 6) is -1.64. The van der Waals surface area contributed by atoms with Crippen LogP contribution in [-0.4, -0.2) is 30.6 Å². The van der Waals surface area contributed by atoms with Crippen LogP contribution in [0.2, 0.25) is 0 Å². The summed E-state index contributed by atoms with van der Waals surface area (Å²) in [7, 11) is 0. The number of phenolic OH excluding ortho intramolecular Hbond substituents is 5. The number of hydrogen-bond donors (Lipinski definition) is 5. The Morgan fingerprint density at radius 1 is 0.917 bits per heavy atom. The topological polar surface area (TPSA) is 114 Å². The first-order chi connectivity index (χ1) is 11.4. The third kappa shape index (κ3) is 2.85. The van der Waals surface area contributed by atoms with E-state index in [0.717, 1.165) is 0 Å². The lowest BCUT2D eigenvalue weighted by Crippen LogP contribution is -2.00. The van der Waals surface area contributed by atoms with Crippen LogP contribution < -0.4 is 0 Å². The molecule has 3 rings (SSSR count). The fraction of sp³-hybridized carbons (Fsp3) is 0.118. The van der Waals surface area contributed by atoms with Crippen molar-refractivity contribution < 1.29 is 25.5 Å². The molecule has 6 nitrogen and oxygen atoms in total. The molecule has 0 saturated heterocycles. The fourth-order valence-electron chi connectivity index (χ4n) is 2.35. The van der Waals surface area contributed by atoms with Crippen molar-refractivity contribution in [3.8, 4) is 28.7 Å². The molecule has 124 valence electrons. The molecule has 2 aromatic rings. The summed E-state index contributed by atoms with van der Waals surface area (Å²) in [5.41, 5.74) is 1.87. The van der Waals surface area contributed by atoms with E-state index in [0.29, 0.717) is 26.6 Å². The van der Waals surface area contributed by atoms with Gasteiger partial charge < -0.3 is 25.5 Å². The highest BCUT2D eigenvalue weighted by atomic mass is 32.2. The van der Waals surface area contributed by atoms with Crippen molar-refractivity contribution in [2.24, 2.45) is 4.99 Å². The smallest absolute Gasteiger partial charge is 0.201 e. The molecule has 0 atom stereocenters. The van der Waals surface area contributed by atoms with Crippen molar-refractivity contribution in [3.63, 3.8) is 0 Å². The van der Waals surface area contributed by atoms with Crippen LogP contribution in [0.25, 0.3) is 6.08 Å². The number of aromatic hydroxyl groups is 5. The summed E-state index contributed by atoms with van der Waals surface area (Å²) in [6.45, 7) is 1.95. The van der Waals surface area contributed by atoms with Gasteiger partial charge in [0.25, 0.3) is 0 Å². The Hall–Kier alpha value is -2.80. The van der Waals surface area contributed by atoms with Crippen LogP contribution >= 0.6 is 11.8 Å². The quantitative estimate of drug-likeness (QED) is 0.534. The van der Waals surface area contributed by atoms with Gasteiger partial charge in [-0.05, 0) is 47.9 Å². The Labute approximate surface area is 142 Å². The third-order valence-electron chi connectivity index (χ3n) is 3.62. The molecule has 7 heteroatoms. The van der Waals surface area contributed by atoms with E-state index in [4.69, 9.17) is 0 Å². The first-order valence-corrected chi connectivity index (χ1v) is 7.88. The normalized spacial score (nSPS) is 13.8. The third-order valence-corrected chi connectivity index (χ3v) is 4.75. The second-order valence-electron chi connectivity index (χ2n) is 5.38. The monoisotopic (exact) mass is 345 g/mol. The summed E-state index contributed by atoms with van der Waals surface area (Å²) in [4.78, 5) is 4.79. The Morgan fingerprint density at radius 3 is 2.33 bits per heavy atom. The molecular formula is C17H15NO5S. The molecule has 0 fully saturated rings. The highest BCUT2D eigenvalue weighted by Gasteiger charge is 2.21. The minimum absolute atomic E-state index is 0.148. The van der Waals surface area contributed by atoms with E-state index in [1.807, 2.05) is 0 Å². The molecule has 5 N–H and O–H groups in total. The van der Waals surface area contributed by atoms with Crippen molar-refractivity contribution in [1.29, 1.82) is 0 Å². The Morgan fingerprint density at radius 2 is 1.62 bits per heavy atom. The molecule has 1 heterocycles. The van der Waals surface area contributed by atoms with Gasteiger partial charge in [-0.2, -0.15) is 0 Å². The number of hydrogen-bond acceptors (Lipinski definition) is 7. The van der Waals surface area contributed by atoms with Gasteiger partial charge in [0.15, 0.2) is 23.0 Å². The molecule has 1 aliphatic heterocycles. The molecule has 2 aromatic carbocycles. The Balaban J connectivity index is 1.86. The van der Waals surface area contributed by atoms with Crippen LogP contribution in [0.4, 0.5) is 0 Å². The van der Waals surface area contributed by atoms with E-state index in [9.17, 15) is 25.5 Å². The highest BCUT2D eigenvalue weighted by molar-refractivity contribution is 8.14. The zero-order chi connectivity index (χ0) is 17.4. The van der Waals surface area contributed by atoms with Crippen molar-refractivity contribution in [1.82, 2.24) is 0 Å². The van der Waals surface area contributed by atoms with Crippen LogP contribution in [0.1, 0.15) is 16.7 Å². The number of aryl methyl sites for hydroxylation is 1. The number of phenols is 5. The number of aliphatic imine (C=N–C) groups is 1. The second-order valence-corrected chi connectivity index (χ2v) is 6.41. The first kappa shape index (κ1) is 16.1. The molecule has 0 bridgehead atoms. The van der Waals surface area contributed by atoms with Gasteiger partial charge in [-0.25, -0.2) is 0 Å². The van der Waals surface area contributed by atoms with E-state index < -0.39 is 5.75 Å². The predicted octanol–water partition coefficient (Wildman–Crippen LogP) is 3.24. The average molecular weight is 345 g/mol. The van der Waals surface area contributed by atoms with Gasteiger partial charge in [0.1, 0.15) is 0 Å². The zero-order valence-corrected chi connectivity index (χ0v) is 13.5. The molecule has 0 spiro atoms. The second kappa shape index (κ2) is 6.01. The standard InChI is InChI=1S/C17H15NO5S/c1-8-4-9(5-11(19)14(8)21)2-3-13-18-7-10-6-12(20)15(22)16(23)17(10)24-13/h2-6,19-23H,7H2,1H3/b3-2+. The molecule has 1 aliphatic rings. The number of thioether (sulfide) groups is 1. The Kier molecular flexibility index (Phi) is 4.02. The van der Waals surface area contributed by atoms with Gasteiger partial charge in [0, 0.05) is 0 Å². The van der Waals surface area contributed by atoms with Crippen LogP contribution in [-0.2, 0) is 6.54 Å². The van der Waals surface area contributed by atoms with E-state index in [1.54, 1.807) is 25.1 Å².